The van der Waals surface area contributed by atoms with Gasteiger partial charge in [-0.3, -0.25) is 4.79 Å². The van der Waals surface area contributed by atoms with Crippen LogP contribution in [0.25, 0.3) is 0 Å². The topological polar surface area (TPSA) is 97.1 Å². The molecule has 1 N–H and O–H groups in total. The van der Waals surface area contributed by atoms with Crippen molar-refractivity contribution in [2.24, 2.45) is 11.1 Å². The molecule has 0 bridgehead atoms. The SMILES string of the molecule is CC[C@@H]1CON=C1c1ccc(C(F)(F)F)cc1CN(Cc1cc(C(F)(F)F)cc(C(F)(F)F)c1)c1ncc(OCCCC(=O)O)cn1. The molecule has 1 aliphatic rings. The molecule has 2 heterocycles. The summed E-state index contributed by atoms with van der Waals surface area (Å²) in [6.45, 7) is 0.778. The summed E-state index contributed by atoms with van der Waals surface area (Å²) in [4.78, 5) is 25.2. The number of ether oxygens (including phenoxy) is 1. The van der Waals surface area contributed by atoms with Crippen LogP contribution in [0.1, 0.15) is 59.6 Å². The van der Waals surface area contributed by atoms with Crippen molar-refractivity contribution < 1.29 is 59.0 Å². The number of aliphatic carboxylic acids is 1. The Morgan fingerprint density at radius 3 is 2.09 bits per heavy atom. The standard InChI is InChI=1S/C30H27F9N4O4/c1-2-18-16-47-42-26(18)24-6-5-20(28(31,32)33)10-19(24)15-43(27-40-12-23(13-41-27)46-7-3-4-25(44)45)14-17-8-21(29(34,35)36)11-22(9-17)30(37,38)39/h5-6,8-13,18H,2-4,7,14-16H2,1H3,(H,44,45)/t18-/m1/s1. The van der Waals surface area contributed by atoms with E-state index < -0.39 is 59.8 Å². The maximum Gasteiger partial charge on any atom is 0.416 e. The molecule has 0 radical (unpaired) electrons. The van der Waals surface area contributed by atoms with Gasteiger partial charge in [0, 0.05) is 31.0 Å². The van der Waals surface area contributed by atoms with Gasteiger partial charge in [-0.2, -0.15) is 39.5 Å². The van der Waals surface area contributed by atoms with Gasteiger partial charge in [0.2, 0.25) is 5.95 Å². The second kappa shape index (κ2) is 14.0. The average molecular weight is 679 g/mol. The number of hydrogen-bond donors (Lipinski definition) is 1. The van der Waals surface area contributed by atoms with Crippen molar-refractivity contribution in [1.82, 2.24) is 9.97 Å². The molecule has 1 atom stereocenters. The predicted octanol–water partition coefficient (Wildman–Crippen LogP) is 7.74. The molecule has 0 amide bonds. The highest BCUT2D eigenvalue weighted by molar-refractivity contribution is 6.04. The van der Waals surface area contributed by atoms with E-state index in [0.717, 1.165) is 29.4 Å². The van der Waals surface area contributed by atoms with Crippen molar-refractivity contribution in [3.8, 4) is 5.75 Å². The van der Waals surface area contributed by atoms with E-state index in [0.29, 0.717) is 24.3 Å². The van der Waals surface area contributed by atoms with Crippen LogP contribution in [0.15, 0.2) is 53.9 Å². The van der Waals surface area contributed by atoms with E-state index in [1.807, 2.05) is 6.92 Å². The monoisotopic (exact) mass is 678 g/mol. The summed E-state index contributed by atoms with van der Waals surface area (Å²) in [5.74, 6) is -1.52. The number of oxime groups is 1. The second-order valence-corrected chi connectivity index (χ2v) is 10.6. The molecule has 2 aromatic carbocycles. The molecule has 17 heteroatoms. The van der Waals surface area contributed by atoms with Crippen LogP contribution in [-0.4, -0.2) is 40.0 Å². The maximum absolute atomic E-state index is 13.8. The molecular weight excluding hydrogens is 651 g/mol. The normalized spacial score (nSPS) is 15.3. The van der Waals surface area contributed by atoms with Gasteiger partial charge in [-0.1, -0.05) is 18.1 Å². The van der Waals surface area contributed by atoms with Crippen molar-refractivity contribution in [2.45, 2.75) is 57.8 Å². The van der Waals surface area contributed by atoms with E-state index in [2.05, 4.69) is 15.1 Å². The lowest BCUT2D eigenvalue weighted by atomic mass is 9.91. The Morgan fingerprint density at radius 2 is 1.53 bits per heavy atom. The van der Waals surface area contributed by atoms with Crippen LogP contribution in [0, 0.1) is 5.92 Å². The Morgan fingerprint density at radius 1 is 0.915 bits per heavy atom. The molecule has 1 aromatic heterocycles. The average Bonchev–Trinajstić information content (AvgIpc) is 3.46. The van der Waals surface area contributed by atoms with Crippen LogP contribution >= 0.6 is 0 Å². The predicted molar refractivity (Wildman–Crippen MR) is 148 cm³/mol. The number of alkyl halides is 9. The zero-order chi connectivity index (χ0) is 34.6. The molecule has 0 fully saturated rings. The van der Waals surface area contributed by atoms with Gasteiger partial charge < -0.3 is 19.6 Å². The molecule has 8 nitrogen and oxygen atoms in total. The number of hydrogen-bond acceptors (Lipinski definition) is 7. The highest BCUT2D eigenvalue weighted by atomic mass is 19.4. The molecule has 0 saturated heterocycles. The van der Waals surface area contributed by atoms with Crippen LogP contribution in [0.4, 0.5) is 45.5 Å². The van der Waals surface area contributed by atoms with Gasteiger partial charge in [0.15, 0.2) is 5.75 Å². The van der Waals surface area contributed by atoms with E-state index in [9.17, 15) is 44.3 Å². The van der Waals surface area contributed by atoms with Crippen LogP contribution in [0.3, 0.4) is 0 Å². The van der Waals surface area contributed by atoms with Crippen LogP contribution in [-0.2, 0) is 41.3 Å². The summed E-state index contributed by atoms with van der Waals surface area (Å²) in [5.41, 5.74) is -4.10. The van der Waals surface area contributed by atoms with Crippen LogP contribution in [0.2, 0.25) is 0 Å². The third-order valence-electron chi connectivity index (χ3n) is 7.11. The number of benzene rings is 2. The Balaban J connectivity index is 1.79. The number of carbonyl (C=O) groups is 1. The minimum absolute atomic E-state index is 0.0110. The zero-order valence-corrected chi connectivity index (χ0v) is 24.5. The molecule has 0 saturated carbocycles. The number of rotatable bonds is 12. The van der Waals surface area contributed by atoms with Crippen molar-refractivity contribution in [3.63, 3.8) is 0 Å². The van der Waals surface area contributed by atoms with Crippen molar-refractivity contribution >= 4 is 17.6 Å². The van der Waals surface area contributed by atoms with E-state index in [-0.39, 0.29) is 60.9 Å². The second-order valence-electron chi connectivity index (χ2n) is 10.6. The fraction of sp³-hybridized carbons (Fsp3) is 0.400. The van der Waals surface area contributed by atoms with Gasteiger partial charge in [0.25, 0.3) is 0 Å². The lowest BCUT2D eigenvalue weighted by Gasteiger charge is -2.26. The first-order valence-corrected chi connectivity index (χ1v) is 14.1. The highest BCUT2D eigenvalue weighted by Crippen LogP contribution is 2.38. The first-order chi connectivity index (χ1) is 22.0. The van der Waals surface area contributed by atoms with Gasteiger partial charge in [-0.15, -0.1) is 0 Å². The molecule has 254 valence electrons. The van der Waals surface area contributed by atoms with Crippen molar-refractivity contribution in [2.75, 3.05) is 18.1 Å². The molecule has 0 spiro atoms. The van der Waals surface area contributed by atoms with Gasteiger partial charge in [0.1, 0.15) is 6.61 Å². The molecule has 1 aliphatic heterocycles. The molecule has 0 aliphatic carbocycles. The molecule has 3 aromatic rings. The molecule has 4 rings (SSSR count). The molecule has 47 heavy (non-hydrogen) atoms. The van der Waals surface area contributed by atoms with Crippen molar-refractivity contribution in [1.29, 1.82) is 0 Å². The minimum Gasteiger partial charge on any atom is -0.490 e. The summed E-state index contributed by atoms with van der Waals surface area (Å²) in [6, 6.07) is 3.84. The highest BCUT2D eigenvalue weighted by Gasteiger charge is 2.37. The Hall–Kier alpha value is -4.57. The van der Waals surface area contributed by atoms with Crippen LogP contribution in [0.5, 0.6) is 5.75 Å². The smallest absolute Gasteiger partial charge is 0.416 e. The Kier molecular flexibility index (Phi) is 10.5. The number of carboxylic acid groups (broad SMARTS) is 1. The number of carboxylic acids is 1. The largest absolute Gasteiger partial charge is 0.490 e. The minimum atomic E-state index is -5.14. The fourth-order valence-electron chi connectivity index (χ4n) is 4.78. The third kappa shape index (κ3) is 9.25. The zero-order valence-electron chi connectivity index (χ0n) is 24.5. The fourth-order valence-corrected chi connectivity index (χ4v) is 4.78. The number of nitrogens with zero attached hydrogens (tertiary/aromatic N) is 4. The summed E-state index contributed by atoms with van der Waals surface area (Å²) in [7, 11) is 0. The van der Waals surface area contributed by atoms with E-state index in [4.69, 9.17) is 14.7 Å². The van der Waals surface area contributed by atoms with Crippen molar-refractivity contribution in [3.05, 3.63) is 82.2 Å². The first-order valence-electron chi connectivity index (χ1n) is 14.1. The third-order valence-corrected chi connectivity index (χ3v) is 7.11. The van der Waals surface area contributed by atoms with E-state index in [1.54, 1.807) is 0 Å². The van der Waals surface area contributed by atoms with Gasteiger partial charge in [-0.05, 0) is 54.3 Å². The van der Waals surface area contributed by atoms with Gasteiger partial charge in [0.05, 0.1) is 41.4 Å². The number of aromatic nitrogens is 2. The van der Waals surface area contributed by atoms with Gasteiger partial charge >= 0.3 is 24.5 Å². The van der Waals surface area contributed by atoms with E-state index in [1.165, 1.54) is 6.07 Å². The molecule has 0 unspecified atom stereocenters. The summed E-state index contributed by atoms with van der Waals surface area (Å²) < 4.78 is 129. The lowest BCUT2D eigenvalue weighted by Crippen LogP contribution is -2.27. The number of anilines is 1. The maximum atomic E-state index is 13.8. The lowest BCUT2D eigenvalue weighted by molar-refractivity contribution is -0.143. The summed E-state index contributed by atoms with van der Waals surface area (Å²) in [5, 5.41) is 12.8. The number of halogens is 9. The van der Waals surface area contributed by atoms with Gasteiger partial charge in [-0.25, -0.2) is 9.97 Å². The summed E-state index contributed by atoms with van der Waals surface area (Å²) in [6.07, 6.45) is -12.3. The Labute approximate surface area is 261 Å². The van der Waals surface area contributed by atoms with Crippen LogP contribution < -0.4 is 9.64 Å². The first kappa shape index (κ1) is 35.3. The Bertz CT molecular complexity index is 1560. The summed E-state index contributed by atoms with van der Waals surface area (Å²) >= 11 is 0. The quantitative estimate of drug-likeness (QED) is 0.155. The molecular formula is C30H27F9N4O4. The van der Waals surface area contributed by atoms with E-state index >= 15 is 0 Å².